The monoisotopic (exact) mass is 181 g/mol. The molecule has 0 unspecified atom stereocenters. The van der Waals surface area contributed by atoms with Crippen molar-refractivity contribution in [1.82, 2.24) is 0 Å². The lowest BCUT2D eigenvalue weighted by Crippen LogP contribution is -2.33. The molecule has 60 valence electrons. The quantitative estimate of drug-likeness (QED) is 0.367. The molecule has 0 amide bonds. The third kappa shape index (κ3) is 4.03. The molecule has 0 saturated carbocycles. The number of methoxy groups -OCH3 is 1. The Kier molecular flexibility index (Phi) is 5.96. The Labute approximate surface area is 70.1 Å². The summed E-state index contributed by atoms with van der Waals surface area (Å²) < 4.78 is 4.41. The number of rotatable bonds is 4. The number of carbonyl (C=O) groups excluding carboxylic acids is 1. The molecule has 0 aromatic rings. The van der Waals surface area contributed by atoms with Gasteiger partial charge in [-0.1, -0.05) is 0 Å². The molecule has 0 aromatic heterocycles. The molecule has 0 spiro atoms. The van der Waals surface area contributed by atoms with Crippen LogP contribution in [0, 0.1) is 0 Å². The number of carbonyl (C=O) groups is 1. The van der Waals surface area contributed by atoms with E-state index in [0.717, 1.165) is 0 Å². The molecule has 10 heavy (non-hydrogen) atoms. The van der Waals surface area contributed by atoms with Crippen molar-refractivity contribution in [2.24, 2.45) is 5.73 Å². The van der Waals surface area contributed by atoms with E-state index < -0.39 is 6.04 Å². The molecule has 1 atom stereocenters. The molecule has 0 aliphatic heterocycles. The fourth-order valence-corrected chi connectivity index (χ4v) is 1.21. The van der Waals surface area contributed by atoms with E-state index in [1.54, 1.807) is 0 Å². The van der Waals surface area contributed by atoms with Gasteiger partial charge in [0, 0.05) is 10.8 Å². The number of nitrogens with two attached hydrogens (primary N) is 1. The summed E-state index contributed by atoms with van der Waals surface area (Å²) in [5.74, 6) is 0.199. The van der Waals surface area contributed by atoms with Crippen LogP contribution in [0.15, 0.2) is 0 Å². The molecule has 0 rings (SSSR count). The Balaban J connectivity index is 3.41. The summed E-state index contributed by atoms with van der Waals surface area (Å²) in [5.41, 5.74) is 5.38. The fourth-order valence-electron chi connectivity index (χ4n) is 0.399. The van der Waals surface area contributed by atoms with Crippen LogP contribution in [0.2, 0.25) is 0 Å². The van der Waals surface area contributed by atoms with E-state index in [2.05, 4.69) is 17.4 Å². The first-order valence-corrected chi connectivity index (χ1v) is 4.53. The predicted octanol–water partition coefficient (Wildman–Crippen LogP) is 0.107. The van der Waals surface area contributed by atoms with Crippen molar-refractivity contribution in [2.45, 2.75) is 6.04 Å². The summed E-state index contributed by atoms with van der Waals surface area (Å²) in [6.07, 6.45) is 0. The molecule has 0 bridgehead atoms. The van der Waals surface area contributed by atoms with E-state index in [0.29, 0.717) is 10.8 Å². The first kappa shape index (κ1) is 10.1. The third-order valence-corrected chi connectivity index (χ3v) is 2.22. The summed E-state index contributed by atoms with van der Waals surface area (Å²) in [7, 11) is 1.33. The number of ether oxygens (including phenoxy) is 1. The lowest BCUT2D eigenvalue weighted by molar-refractivity contribution is -0.141. The van der Waals surface area contributed by atoms with Gasteiger partial charge in [0.25, 0.3) is 0 Å². The van der Waals surface area contributed by atoms with Crippen molar-refractivity contribution in [2.75, 3.05) is 17.9 Å². The average molecular weight is 181 g/mol. The molecular weight excluding hydrogens is 170 g/mol. The molecule has 0 heterocycles. The topological polar surface area (TPSA) is 52.3 Å². The summed E-state index contributed by atoms with van der Waals surface area (Å²) in [6.45, 7) is 0. The van der Waals surface area contributed by atoms with Gasteiger partial charge in [0.15, 0.2) is 0 Å². The highest BCUT2D eigenvalue weighted by molar-refractivity contribution is 8.09. The van der Waals surface area contributed by atoms with Crippen LogP contribution in [0.5, 0.6) is 0 Å². The van der Waals surface area contributed by atoms with Gasteiger partial charge in [0.05, 0.1) is 7.11 Å². The SMILES string of the molecule is COC(=O)[C@@H](N)CSCS. The molecule has 0 aromatic carbocycles. The Morgan fingerprint density at radius 1 is 1.90 bits per heavy atom. The number of thioether (sulfide) groups is 1. The van der Waals surface area contributed by atoms with Gasteiger partial charge in [-0.2, -0.15) is 12.6 Å². The molecule has 5 heteroatoms. The van der Waals surface area contributed by atoms with Gasteiger partial charge < -0.3 is 10.5 Å². The van der Waals surface area contributed by atoms with Gasteiger partial charge in [-0.15, -0.1) is 11.8 Å². The van der Waals surface area contributed by atoms with E-state index in [1.165, 1.54) is 18.9 Å². The Bertz CT molecular complexity index is 110. The zero-order valence-corrected chi connectivity index (χ0v) is 7.45. The van der Waals surface area contributed by atoms with Crippen molar-refractivity contribution in [3.63, 3.8) is 0 Å². The highest BCUT2D eigenvalue weighted by Crippen LogP contribution is 2.03. The van der Waals surface area contributed by atoms with Crippen LogP contribution in [-0.2, 0) is 9.53 Å². The van der Waals surface area contributed by atoms with E-state index in [4.69, 9.17) is 5.73 Å². The highest BCUT2D eigenvalue weighted by Gasteiger charge is 2.11. The number of thiol groups is 1. The molecule has 2 N–H and O–H groups in total. The summed E-state index contributed by atoms with van der Waals surface area (Å²) >= 11 is 5.45. The van der Waals surface area contributed by atoms with E-state index in [9.17, 15) is 4.79 Å². The molecule has 0 saturated heterocycles. The number of hydrogen-bond donors (Lipinski definition) is 2. The van der Waals surface area contributed by atoms with Gasteiger partial charge in [-0.25, -0.2) is 0 Å². The smallest absolute Gasteiger partial charge is 0.323 e. The summed E-state index contributed by atoms with van der Waals surface area (Å²) in [6, 6.07) is -0.512. The third-order valence-electron chi connectivity index (χ3n) is 0.893. The lowest BCUT2D eigenvalue weighted by Gasteiger charge is -2.06. The lowest BCUT2D eigenvalue weighted by atomic mass is 10.4. The molecule has 0 aliphatic carbocycles. The maximum Gasteiger partial charge on any atom is 0.323 e. The summed E-state index contributed by atoms with van der Waals surface area (Å²) in [4.78, 5) is 10.6. The standard InChI is InChI=1S/C5H11NO2S2/c1-8-5(7)4(6)2-10-3-9/h4,9H,2-3,6H2,1H3/t4-/m0/s1. The van der Waals surface area contributed by atoms with Crippen LogP contribution < -0.4 is 5.73 Å². The Morgan fingerprint density at radius 3 is 2.90 bits per heavy atom. The minimum absolute atomic E-state index is 0.366. The van der Waals surface area contributed by atoms with Crippen molar-refractivity contribution >= 4 is 30.4 Å². The van der Waals surface area contributed by atoms with Crippen LogP contribution in [0.3, 0.4) is 0 Å². The van der Waals surface area contributed by atoms with Gasteiger partial charge in [-0.3, -0.25) is 4.79 Å². The second-order valence-electron chi connectivity index (χ2n) is 1.63. The van der Waals surface area contributed by atoms with Gasteiger partial charge in [0.2, 0.25) is 0 Å². The van der Waals surface area contributed by atoms with Crippen LogP contribution in [0.25, 0.3) is 0 Å². The molecule has 0 aliphatic rings. The highest BCUT2D eigenvalue weighted by atomic mass is 32.2. The minimum Gasteiger partial charge on any atom is -0.468 e. The molecule has 3 nitrogen and oxygen atoms in total. The second kappa shape index (κ2) is 5.88. The number of hydrogen-bond acceptors (Lipinski definition) is 5. The maximum absolute atomic E-state index is 10.6. The first-order chi connectivity index (χ1) is 4.72. The largest absolute Gasteiger partial charge is 0.468 e. The summed E-state index contributed by atoms with van der Waals surface area (Å²) in [5, 5.41) is 0.671. The molecule has 0 radical (unpaired) electrons. The van der Waals surface area contributed by atoms with Gasteiger partial charge >= 0.3 is 5.97 Å². The minimum atomic E-state index is -0.512. The maximum atomic E-state index is 10.6. The van der Waals surface area contributed by atoms with Crippen LogP contribution in [0.4, 0.5) is 0 Å². The van der Waals surface area contributed by atoms with E-state index in [-0.39, 0.29) is 5.97 Å². The predicted molar refractivity (Wildman–Crippen MR) is 46.3 cm³/mol. The molecule has 0 fully saturated rings. The van der Waals surface area contributed by atoms with Crippen molar-refractivity contribution < 1.29 is 9.53 Å². The van der Waals surface area contributed by atoms with E-state index in [1.807, 2.05) is 0 Å². The first-order valence-electron chi connectivity index (χ1n) is 2.74. The van der Waals surface area contributed by atoms with Crippen molar-refractivity contribution in [3.05, 3.63) is 0 Å². The normalized spacial score (nSPS) is 12.7. The molecular formula is C5H11NO2S2. The Morgan fingerprint density at radius 2 is 2.50 bits per heavy atom. The van der Waals surface area contributed by atoms with Crippen molar-refractivity contribution in [3.8, 4) is 0 Å². The van der Waals surface area contributed by atoms with Gasteiger partial charge in [0.1, 0.15) is 6.04 Å². The van der Waals surface area contributed by atoms with Crippen LogP contribution in [0.1, 0.15) is 0 Å². The van der Waals surface area contributed by atoms with Crippen LogP contribution in [-0.4, -0.2) is 30.0 Å². The zero-order valence-electron chi connectivity index (χ0n) is 5.74. The fraction of sp³-hybridized carbons (Fsp3) is 0.800. The zero-order chi connectivity index (χ0) is 7.98. The number of esters is 1. The van der Waals surface area contributed by atoms with E-state index >= 15 is 0 Å². The Hall–Kier alpha value is 0.130. The second-order valence-corrected chi connectivity index (χ2v) is 3.40. The van der Waals surface area contributed by atoms with Gasteiger partial charge in [-0.05, 0) is 0 Å². The van der Waals surface area contributed by atoms with Crippen molar-refractivity contribution in [1.29, 1.82) is 0 Å². The van der Waals surface area contributed by atoms with Crippen LogP contribution >= 0.6 is 24.4 Å². The average Bonchev–Trinajstić information content (AvgIpc) is 1.98.